The van der Waals surface area contributed by atoms with Crippen molar-refractivity contribution in [1.29, 1.82) is 0 Å². The van der Waals surface area contributed by atoms with Gasteiger partial charge in [0, 0.05) is 33.4 Å². The molecule has 0 radical (unpaired) electrons. The molecule has 9 heteroatoms. The fraction of sp³-hybridized carbons (Fsp3) is 0.130. The molecule has 2 aromatic heterocycles. The molecule has 32 heavy (non-hydrogen) atoms. The normalized spacial score (nSPS) is 10.7. The number of aromatic nitrogens is 3. The van der Waals surface area contributed by atoms with Crippen LogP contribution in [0, 0.1) is 0 Å². The van der Waals surface area contributed by atoms with E-state index in [1.165, 1.54) is 18.0 Å². The van der Waals surface area contributed by atoms with E-state index >= 15 is 0 Å². The van der Waals surface area contributed by atoms with Crippen LogP contribution < -0.4 is 5.32 Å². The molecule has 1 N–H and O–H groups in total. The van der Waals surface area contributed by atoms with Gasteiger partial charge in [-0.05, 0) is 37.4 Å². The molecule has 2 aromatic carbocycles. The molecule has 4 aromatic rings. The van der Waals surface area contributed by atoms with E-state index in [0.29, 0.717) is 21.6 Å². The number of ether oxygens (including phenoxy) is 1. The van der Waals surface area contributed by atoms with Gasteiger partial charge < -0.3 is 10.1 Å². The lowest BCUT2D eigenvalue weighted by Crippen LogP contribution is -2.10. The zero-order valence-corrected chi connectivity index (χ0v) is 19.7. The van der Waals surface area contributed by atoms with E-state index in [1.54, 1.807) is 18.3 Å². The molecule has 0 unspecified atom stereocenters. The number of thioether (sulfide) groups is 1. The van der Waals surface area contributed by atoms with Crippen molar-refractivity contribution in [2.24, 2.45) is 0 Å². The minimum Gasteiger partial charge on any atom is -0.462 e. The molecule has 162 valence electrons. The number of halogens is 1. The molecule has 2 heterocycles. The third-order valence-corrected chi connectivity index (χ3v) is 6.19. The minimum absolute atomic E-state index is 0.281. The summed E-state index contributed by atoms with van der Waals surface area (Å²) in [5, 5.41) is 7.43. The zero-order valence-electron chi connectivity index (χ0n) is 17.3. The van der Waals surface area contributed by atoms with Crippen LogP contribution in [-0.2, 0) is 4.74 Å². The third-order valence-electron chi connectivity index (χ3n) is 4.48. The second-order valence-corrected chi connectivity index (χ2v) is 8.65. The number of nitrogens with one attached hydrogen (secondary N) is 1. The summed E-state index contributed by atoms with van der Waals surface area (Å²) < 4.78 is 5.12. The van der Waals surface area contributed by atoms with Crippen LogP contribution in [0.1, 0.15) is 17.3 Å². The Bertz CT molecular complexity index is 1230. The van der Waals surface area contributed by atoms with E-state index in [1.807, 2.05) is 60.2 Å². The molecule has 0 amide bonds. The summed E-state index contributed by atoms with van der Waals surface area (Å²) in [5.41, 5.74) is 4.00. The second-order valence-electron chi connectivity index (χ2n) is 6.59. The highest BCUT2D eigenvalue weighted by Crippen LogP contribution is 2.31. The van der Waals surface area contributed by atoms with Crippen molar-refractivity contribution in [2.75, 3.05) is 18.2 Å². The first-order valence-corrected chi connectivity index (χ1v) is 12.2. The molecule has 4 rings (SSSR count). The molecule has 6 nitrogen and oxygen atoms in total. The molecule has 0 fully saturated rings. The van der Waals surface area contributed by atoms with E-state index in [2.05, 4.69) is 15.3 Å². The van der Waals surface area contributed by atoms with Crippen molar-refractivity contribution < 1.29 is 9.53 Å². The number of hydrogen-bond acceptors (Lipinski definition) is 8. The van der Waals surface area contributed by atoms with Crippen molar-refractivity contribution in [2.45, 2.75) is 12.1 Å². The quantitative estimate of drug-likeness (QED) is 0.181. The van der Waals surface area contributed by atoms with Crippen LogP contribution in [0.15, 0.2) is 65.3 Å². The van der Waals surface area contributed by atoms with Gasteiger partial charge in [0.15, 0.2) is 5.16 Å². The van der Waals surface area contributed by atoms with Crippen LogP contribution in [0.2, 0.25) is 5.02 Å². The Balaban J connectivity index is 1.55. The smallest absolute Gasteiger partial charge is 0.343 e. The van der Waals surface area contributed by atoms with Crippen molar-refractivity contribution in [3.8, 4) is 21.8 Å². The maximum Gasteiger partial charge on any atom is 0.343 e. The number of nitrogens with zero attached hydrogens (tertiary/aromatic N) is 3. The number of hydrogen-bond donors (Lipinski definition) is 1. The maximum atomic E-state index is 12.3. The number of anilines is 2. The monoisotopic (exact) mass is 482 g/mol. The predicted molar refractivity (Wildman–Crippen MR) is 131 cm³/mol. The van der Waals surface area contributed by atoms with Crippen LogP contribution in [0.4, 0.5) is 11.5 Å². The van der Waals surface area contributed by atoms with Crippen LogP contribution in [0.25, 0.3) is 21.8 Å². The molecule has 0 bridgehead atoms. The molecular weight excluding hydrogens is 464 g/mol. The Morgan fingerprint density at radius 1 is 1.09 bits per heavy atom. The summed E-state index contributed by atoms with van der Waals surface area (Å²) in [4.78, 5) is 25.6. The average molecular weight is 483 g/mol. The van der Waals surface area contributed by atoms with Crippen LogP contribution >= 0.6 is 34.7 Å². The largest absolute Gasteiger partial charge is 0.462 e. The Morgan fingerprint density at radius 3 is 2.50 bits per heavy atom. The Labute approximate surface area is 199 Å². The van der Waals surface area contributed by atoms with E-state index in [0.717, 1.165) is 27.5 Å². The highest BCUT2D eigenvalue weighted by atomic mass is 35.5. The molecule has 0 aliphatic carbocycles. The van der Waals surface area contributed by atoms with E-state index in [-0.39, 0.29) is 6.61 Å². The van der Waals surface area contributed by atoms with E-state index in [4.69, 9.17) is 21.3 Å². The molecule has 0 atom stereocenters. The highest BCUT2D eigenvalue weighted by molar-refractivity contribution is 7.98. The number of thiazole rings is 1. The van der Waals surface area contributed by atoms with Gasteiger partial charge in [-0.15, -0.1) is 11.3 Å². The van der Waals surface area contributed by atoms with Gasteiger partial charge in [0.25, 0.3) is 0 Å². The van der Waals surface area contributed by atoms with Gasteiger partial charge in [0.05, 0.1) is 12.3 Å². The summed E-state index contributed by atoms with van der Waals surface area (Å²) in [5.74, 6) is -0.0503. The standard InChI is InChI=1S/C23H19ClN4O2S2/c1-3-30-22(29)18-12-25-23(31-2)28-20(18)26-17-10-6-14(7-11-17)19-13-32-21(27-19)15-4-8-16(24)9-5-15/h4-13H,3H2,1-2H3,(H,25,26,28). The molecule has 0 saturated carbocycles. The predicted octanol–water partition coefficient (Wildman–Crippen LogP) is 6.56. The number of esters is 1. The summed E-state index contributed by atoms with van der Waals surface area (Å²) >= 11 is 8.96. The van der Waals surface area contributed by atoms with Crippen molar-refractivity contribution in [3.05, 3.63) is 70.7 Å². The lowest BCUT2D eigenvalue weighted by atomic mass is 10.1. The van der Waals surface area contributed by atoms with Crippen LogP contribution in [-0.4, -0.2) is 33.8 Å². The summed E-state index contributed by atoms with van der Waals surface area (Å²) in [6.45, 7) is 2.04. The Kier molecular flexibility index (Phi) is 7.04. The topological polar surface area (TPSA) is 77.0 Å². The Morgan fingerprint density at radius 2 is 1.81 bits per heavy atom. The highest BCUT2D eigenvalue weighted by Gasteiger charge is 2.16. The average Bonchev–Trinajstić information content (AvgIpc) is 3.30. The summed E-state index contributed by atoms with van der Waals surface area (Å²) in [6, 6.07) is 15.4. The van der Waals surface area contributed by atoms with E-state index < -0.39 is 5.97 Å². The van der Waals surface area contributed by atoms with Crippen LogP contribution in [0.3, 0.4) is 0 Å². The van der Waals surface area contributed by atoms with Gasteiger partial charge >= 0.3 is 5.97 Å². The fourth-order valence-electron chi connectivity index (χ4n) is 2.91. The van der Waals surface area contributed by atoms with Gasteiger partial charge in [-0.2, -0.15) is 0 Å². The van der Waals surface area contributed by atoms with Crippen LogP contribution in [0.5, 0.6) is 0 Å². The molecule has 0 saturated heterocycles. The fourth-order valence-corrected chi connectivity index (χ4v) is 4.21. The SMILES string of the molecule is CCOC(=O)c1cnc(SC)nc1Nc1ccc(-c2csc(-c3ccc(Cl)cc3)n2)cc1. The number of rotatable bonds is 7. The number of carbonyl (C=O) groups excluding carboxylic acids is 1. The van der Waals surface area contributed by atoms with Gasteiger partial charge in [-0.1, -0.05) is 47.6 Å². The maximum absolute atomic E-state index is 12.3. The molecule has 0 aliphatic heterocycles. The van der Waals surface area contributed by atoms with Gasteiger partial charge in [-0.3, -0.25) is 0 Å². The van der Waals surface area contributed by atoms with Gasteiger partial charge in [-0.25, -0.2) is 19.7 Å². The van der Waals surface area contributed by atoms with E-state index in [9.17, 15) is 4.79 Å². The summed E-state index contributed by atoms with van der Waals surface area (Å²) in [6.07, 6.45) is 3.37. The first-order chi connectivity index (χ1) is 15.6. The number of carbonyl (C=O) groups is 1. The summed E-state index contributed by atoms with van der Waals surface area (Å²) in [7, 11) is 0. The third kappa shape index (κ3) is 5.09. The van der Waals surface area contributed by atoms with Crippen molar-refractivity contribution in [3.63, 3.8) is 0 Å². The van der Waals surface area contributed by atoms with Gasteiger partial charge in [0.1, 0.15) is 16.4 Å². The molecular formula is C23H19ClN4O2S2. The van der Waals surface area contributed by atoms with Gasteiger partial charge in [0.2, 0.25) is 0 Å². The van der Waals surface area contributed by atoms with Crippen molar-refractivity contribution in [1.82, 2.24) is 15.0 Å². The lowest BCUT2D eigenvalue weighted by molar-refractivity contribution is 0.0526. The zero-order chi connectivity index (χ0) is 22.5. The first-order valence-electron chi connectivity index (χ1n) is 9.74. The van der Waals surface area contributed by atoms with Crippen molar-refractivity contribution >= 4 is 52.2 Å². The minimum atomic E-state index is -0.462. The number of benzene rings is 2. The molecule has 0 spiro atoms. The Hall–Kier alpha value is -2.94. The second kappa shape index (κ2) is 10.1. The molecule has 0 aliphatic rings. The lowest BCUT2D eigenvalue weighted by Gasteiger charge is -2.11. The first kappa shape index (κ1) is 22.3.